The van der Waals surface area contributed by atoms with Crippen LogP contribution in [0.5, 0.6) is 5.75 Å². The topological polar surface area (TPSA) is 48.6 Å². The van der Waals surface area contributed by atoms with Crippen LogP contribution >= 0.6 is 11.8 Å². The zero-order valence-corrected chi connectivity index (χ0v) is 21.7. The highest BCUT2D eigenvalue weighted by molar-refractivity contribution is 8.00. The van der Waals surface area contributed by atoms with Gasteiger partial charge in [-0.05, 0) is 67.6 Å². The maximum atomic E-state index is 11.5. The fourth-order valence-electron chi connectivity index (χ4n) is 4.44. The zero-order valence-electron chi connectivity index (χ0n) is 20.9. The first-order valence-electron chi connectivity index (χ1n) is 12.3. The number of piperazine rings is 1. The number of fused-ring (bicyclic) bond motifs is 1. The van der Waals surface area contributed by atoms with Crippen molar-refractivity contribution in [3.63, 3.8) is 0 Å². The molecule has 1 N–H and O–H groups in total. The van der Waals surface area contributed by atoms with Crippen LogP contribution in [0.2, 0.25) is 0 Å². The molecule has 0 amide bonds. The summed E-state index contributed by atoms with van der Waals surface area (Å²) >= 11 is 1.96. The monoisotopic (exact) mass is 479 g/mol. The molecule has 1 aliphatic rings. The molecule has 2 aromatic carbocycles. The van der Waals surface area contributed by atoms with Crippen molar-refractivity contribution in [2.24, 2.45) is 0 Å². The van der Waals surface area contributed by atoms with Crippen LogP contribution in [0.3, 0.4) is 0 Å². The summed E-state index contributed by atoms with van der Waals surface area (Å²) in [4.78, 5) is 20.9. The molecule has 2 heterocycles. The van der Waals surface area contributed by atoms with E-state index in [0.717, 1.165) is 62.2 Å². The SMILES string of the molecule is Cc1c(SC(C)(C)C)cccc1N1CCN(CCCCOc2ccc3ccc(=O)[nH]c3c2)CC1. The van der Waals surface area contributed by atoms with E-state index in [0.29, 0.717) is 6.61 Å². The molecule has 3 aromatic rings. The van der Waals surface area contributed by atoms with Crippen LogP contribution in [0.1, 0.15) is 39.2 Å². The summed E-state index contributed by atoms with van der Waals surface area (Å²) in [6.07, 6.45) is 2.15. The van der Waals surface area contributed by atoms with Crippen LogP contribution in [0.25, 0.3) is 10.9 Å². The number of anilines is 1. The Labute approximate surface area is 207 Å². The first-order chi connectivity index (χ1) is 16.3. The number of hydrogen-bond acceptors (Lipinski definition) is 5. The van der Waals surface area contributed by atoms with Crippen LogP contribution in [0.15, 0.2) is 58.2 Å². The van der Waals surface area contributed by atoms with Crippen molar-refractivity contribution in [3.05, 3.63) is 64.4 Å². The van der Waals surface area contributed by atoms with E-state index >= 15 is 0 Å². The van der Waals surface area contributed by atoms with Gasteiger partial charge in [-0.15, -0.1) is 11.8 Å². The minimum Gasteiger partial charge on any atom is -0.494 e. The number of nitrogens with one attached hydrogen (secondary N) is 1. The molecule has 4 rings (SSSR count). The summed E-state index contributed by atoms with van der Waals surface area (Å²) < 4.78 is 6.15. The number of H-pyrrole nitrogens is 1. The zero-order chi connectivity index (χ0) is 24.1. The Bertz CT molecular complexity index is 1160. The number of rotatable bonds is 8. The predicted molar refractivity (Wildman–Crippen MR) is 145 cm³/mol. The second-order valence-corrected chi connectivity index (χ2v) is 11.9. The highest BCUT2D eigenvalue weighted by Gasteiger charge is 2.20. The van der Waals surface area contributed by atoms with E-state index in [9.17, 15) is 4.79 Å². The number of unbranched alkanes of at least 4 members (excludes halogenated alkanes) is 1. The summed E-state index contributed by atoms with van der Waals surface area (Å²) in [6, 6.07) is 16.0. The van der Waals surface area contributed by atoms with Gasteiger partial charge in [-0.3, -0.25) is 9.69 Å². The molecule has 1 saturated heterocycles. The van der Waals surface area contributed by atoms with Gasteiger partial charge in [0.05, 0.1) is 12.1 Å². The Hall–Kier alpha value is -2.44. The number of hydrogen-bond donors (Lipinski definition) is 1. The predicted octanol–water partition coefficient (Wildman–Crippen LogP) is 5.71. The van der Waals surface area contributed by atoms with Crippen molar-refractivity contribution in [1.82, 2.24) is 9.88 Å². The van der Waals surface area contributed by atoms with Gasteiger partial charge < -0.3 is 14.6 Å². The lowest BCUT2D eigenvalue weighted by Crippen LogP contribution is -2.46. The van der Waals surface area contributed by atoms with Crippen LogP contribution < -0.4 is 15.2 Å². The van der Waals surface area contributed by atoms with Crippen molar-refractivity contribution in [2.75, 3.05) is 44.2 Å². The van der Waals surface area contributed by atoms with E-state index in [-0.39, 0.29) is 10.3 Å². The molecule has 0 unspecified atom stereocenters. The number of pyridine rings is 1. The standard InChI is InChI=1S/C28H37N3O2S/c1-21-25(8-7-9-26(21)34-28(2,3)4)31-17-15-30(16-18-31)14-5-6-19-33-23-12-10-22-11-13-27(32)29-24(22)20-23/h7-13,20H,5-6,14-19H2,1-4H3,(H,29,32). The number of benzene rings is 2. The lowest BCUT2D eigenvalue weighted by Gasteiger charge is -2.37. The average Bonchev–Trinajstić information content (AvgIpc) is 2.80. The average molecular weight is 480 g/mol. The summed E-state index contributed by atoms with van der Waals surface area (Å²) in [7, 11) is 0. The van der Waals surface area contributed by atoms with E-state index in [4.69, 9.17) is 4.74 Å². The van der Waals surface area contributed by atoms with Crippen LogP contribution in [0, 0.1) is 6.92 Å². The summed E-state index contributed by atoms with van der Waals surface area (Å²) in [5, 5.41) is 1.01. The minimum atomic E-state index is -0.0867. The maximum Gasteiger partial charge on any atom is 0.248 e. The van der Waals surface area contributed by atoms with E-state index < -0.39 is 0 Å². The van der Waals surface area contributed by atoms with Gasteiger partial charge in [0, 0.05) is 53.6 Å². The molecule has 5 nitrogen and oxygen atoms in total. The normalized spacial score (nSPS) is 15.1. The fraction of sp³-hybridized carbons (Fsp3) is 0.464. The smallest absolute Gasteiger partial charge is 0.248 e. The largest absolute Gasteiger partial charge is 0.494 e. The number of aromatic nitrogens is 1. The quantitative estimate of drug-likeness (QED) is 0.331. The summed E-state index contributed by atoms with van der Waals surface area (Å²) in [6.45, 7) is 15.3. The number of thioether (sulfide) groups is 1. The molecule has 1 fully saturated rings. The van der Waals surface area contributed by atoms with Crippen molar-refractivity contribution in [1.29, 1.82) is 0 Å². The molecule has 6 heteroatoms. The molecule has 0 atom stereocenters. The van der Waals surface area contributed by atoms with Gasteiger partial charge in [0.1, 0.15) is 5.75 Å². The molecule has 0 aliphatic carbocycles. The van der Waals surface area contributed by atoms with Crippen LogP contribution in [0.4, 0.5) is 5.69 Å². The number of nitrogens with zero attached hydrogens (tertiary/aromatic N) is 2. The van der Waals surface area contributed by atoms with Gasteiger partial charge in [0.15, 0.2) is 0 Å². The van der Waals surface area contributed by atoms with Crippen molar-refractivity contribution in [2.45, 2.75) is 50.2 Å². The van der Waals surface area contributed by atoms with Crippen molar-refractivity contribution < 1.29 is 4.74 Å². The molecular weight excluding hydrogens is 442 g/mol. The molecular formula is C28H37N3O2S. The van der Waals surface area contributed by atoms with E-state index in [1.54, 1.807) is 6.07 Å². The summed E-state index contributed by atoms with van der Waals surface area (Å²) in [5.74, 6) is 0.810. The number of aromatic amines is 1. The molecule has 34 heavy (non-hydrogen) atoms. The Kier molecular flexibility index (Phi) is 7.89. The first-order valence-corrected chi connectivity index (χ1v) is 13.1. The van der Waals surface area contributed by atoms with Gasteiger partial charge >= 0.3 is 0 Å². The summed E-state index contributed by atoms with van der Waals surface area (Å²) in [5.41, 5.74) is 3.53. The maximum absolute atomic E-state index is 11.5. The van der Waals surface area contributed by atoms with Crippen LogP contribution in [-0.4, -0.2) is 54.0 Å². The molecule has 1 aromatic heterocycles. The van der Waals surface area contributed by atoms with Crippen molar-refractivity contribution in [3.8, 4) is 5.75 Å². The first kappa shape index (κ1) is 24.7. The second kappa shape index (κ2) is 10.9. The molecule has 0 spiro atoms. The Balaban J connectivity index is 1.20. The second-order valence-electron chi connectivity index (χ2n) is 10.1. The number of ether oxygens (including phenoxy) is 1. The van der Waals surface area contributed by atoms with E-state index in [1.165, 1.54) is 16.1 Å². The van der Waals surface area contributed by atoms with E-state index in [2.05, 4.69) is 60.7 Å². The van der Waals surface area contributed by atoms with Gasteiger partial charge in [-0.2, -0.15) is 0 Å². The lowest BCUT2D eigenvalue weighted by molar-refractivity contribution is 0.238. The van der Waals surface area contributed by atoms with Gasteiger partial charge in [-0.1, -0.05) is 26.8 Å². The molecule has 0 radical (unpaired) electrons. The lowest BCUT2D eigenvalue weighted by atomic mass is 10.1. The fourth-order valence-corrected chi connectivity index (χ4v) is 5.51. The van der Waals surface area contributed by atoms with Crippen LogP contribution in [-0.2, 0) is 0 Å². The Morgan fingerprint density at radius 2 is 1.76 bits per heavy atom. The highest BCUT2D eigenvalue weighted by Crippen LogP contribution is 2.37. The third-order valence-electron chi connectivity index (χ3n) is 6.22. The third-order valence-corrected chi connectivity index (χ3v) is 7.49. The van der Waals surface area contributed by atoms with E-state index in [1.807, 2.05) is 36.0 Å². The van der Waals surface area contributed by atoms with Crippen molar-refractivity contribution >= 4 is 28.4 Å². The molecule has 182 valence electrons. The third kappa shape index (κ3) is 6.57. The van der Waals surface area contributed by atoms with Gasteiger partial charge in [-0.25, -0.2) is 0 Å². The highest BCUT2D eigenvalue weighted by atomic mass is 32.2. The van der Waals surface area contributed by atoms with Gasteiger partial charge in [0.25, 0.3) is 0 Å². The molecule has 0 saturated carbocycles. The molecule has 0 bridgehead atoms. The van der Waals surface area contributed by atoms with Gasteiger partial charge in [0.2, 0.25) is 5.56 Å². The Morgan fingerprint density at radius 1 is 1.00 bits per heavy atom. The molecule has 1 aliphatic heterocycles. The minimum absolute atomic E-state index is 0.0867. The Morgan fingerprint density at radius 3 is 2.53 bits per heavy atom.